The van der Waals surface area contributed by atoms with E-state index in [0.29, 0.717) is 37.8 Å². The molecular weight excluding hydrogens is 310 g/mol. The lowest BCUT2D eigenvalue weighted by molar-refractivity contribution is -0.119. The third-order valence-electron chi connectivity index (χ3n) is 3.62. The lowest BCUT2D eigenvalue weighted by Crippen LogP contribution is -2.31. The molecule has 1 aromatic heterocycles. The van der Waals surface area contributed by atoms with Crippen molar-refractivity contribution >= 4 is 22.9 Å². The molecular formula is C18H21NO3S. The largest absolute Gasteiger partial charge is 0.486 e. The number of amides is 1. The van der Waals surface area contributed by atoms with E-state index in [1.165, 1.54) is 0 Å². The van der Waals surface area contributed by atoms with Crippen LogP contribution in [-0.2, 0) is 11.3 Å². The summed E-state index contributed by atoms with van der Waals surface area (Å²) in [7, 11) is 0. The van der Waals surface area contributed by atoms with Crippen molar-refractivity contribution < 1.29 is 14.3 Å². The van der Waals surface area contributed by atoms with Crippen molar-refractivity contribution in [3.8, 4) is 11.5 Å². The highest BCUT2D eigenvalue weighted by atomic mass is 32.1. The van der Waals surface area contributed by atoms with E-state index >= 15 is 0 Å². The van der Waals surface area contributed by atoms with E-state index in [1.807, 2.05) is 34.5 Å². The smallest absolute Gasteiger partial charge is 0.227 e. The minimum atomic E-state index is 0.130. The van der Waals surface area contributed by atoms with Crippen molar-refractivity contribution in [3.63, 3.8) is 0 Å². The maximum absolute atomic E-state index is 12.7. The van der Waals surface area contributed by atoms with Crippen LogP contribution >= 0.6 is 11.3 Å². The Kier molecular flexibility index (Phi) is 4.86. The molecule has 0 atom stereocenters. The number of benzene rings is 1. The highest BCUT2D eigenvalue weighted by molar-refractivity contribution is 7.09. The molecule has 0 radical (unpaired) electrons. The first-order chi connectivity index (χ1) is 11.1. The molecule has 0 spiro atoms. The van der Waals surface area contributed by atoms with Gasteiger partial charge in [-0.1, -0.05) is 19.9 Å². The van der Waals surface area contributed by atoms with Crippen LogP contribution in [0.4, 0.5) is 5.69 Å². The average Bonchev–Trinajstić information content (AvgIpc) is 3.04. The van der Waals surface area contributed by atoms with Crippen LogP contribution < -0.4 is 14.4 Å². The van der Waals surface area contributed by atoms with Crippen LogP contribution in [0.15, 0.2) is 35.7 Å². The minimum Gasteiger partial charge on any atom is -0.486 e. The van der Waals surface area contributed by atoms with Gasteiger partial charge < -0.3 is 14.4 Å². The zero-order valence-electron chi connectivity index (χ0n) is 13.5. The minimum absolute atomic E-state index is 0.130. The lowest BCUT2D eigenvalue weighted by Gasteiger charge is -2.25. The third-order valence-corrected chi connectivity index (χ3v) is 4.48. The first-order valence-corrected chi connectivity index (χ1v) is 8.74. The summed E-state index contributed by atoms with van der Waals surface area (Å²) in [5, 5.41) is 2.03. The van der Waals surface area contributed by atoms with Gasteiger partial charge in [0.2, 0.25) is 5.91 Å². The van der Waals surface area contributed by atoms with Crippen molar-refractivity contribution in [2.45, 2.75) is 26.8 Å². The summed E-state index contributed by atoms with van der Waals surface area (Å²) < 4.78 is 11.2. The summed E-state index contributed by atoms with van der Waals surface area (Å²) >= 11 is 1.66. The molecule has 0 N–H and O–H groups in total. The summed E-state index contributed by atoms with van der Waals surface area (Å²) in [4.78, 5) is 15.7. The maximum atomic E-state index is 12.7. The Bertz CT molecular complexity index is 667. The van der Waals surface area contributed by atoms with Crippen molar-refractivity contribution in [1.29, 1.82) is 0 Å². The molecule has 4 nitrogen and oxygen atoms in total. The molecule has 1 aliphatic rings. The molecule has 2 heterocycles. The van der Waals surface area contributed by atoms with Gasteiger partial charge in [-0.25, -0.2) is 0 Å². The number of fused-ring (bicyclic) bond motifs is 1. The Morgan fingerprint density at radius 2 is 2.00 bits per heavy atom. The molecule has 0 bridgehead atoms. The Labute approximate surface area is 140 Å². The maximum Gasteiger partial charge on any atom is 0.227 e. The molecule has 0 saturated carbocycles. The SMILES string of the molecule is CC(C)CC(=O)N(Cc1cccs1)c1ccc2c(c1)OCCO2. The fraction of sp³-hybridized carbons (Fsp3) is 0.389. The van der Waals surface area contributed by atoms with E-state index in [-0.39, 0.29) is 5.91 Å². The zero-order valence-corrected chi connectivity index (χ0v) is 14.3. The number of ether oxygens (including phenoxy) is 2. The molecule has 0 saturated heterocycles. The average molecular weight is 331 g/mol. The highest BCUT2D eigenvalue weighted by Crippen LogP contribution is 2.35. The first-order valence-electron chi connectivity index (χ1n) is 7.86. The van der Waals surface area contributed by atoms with Gasteiger partial charge in [-0.3, -0.25) is 4.79 Å². The molecule has 0 fully saturated rings. The number of nitrogens with zero attached hydrogens (tertiary/aromatic N) is 1. The summed E-state index contributed by atoms with van der Waals surface area (Å²) in [5.74, 6) is 1.91. The van der Waals surface area contributed by atoms with E-state index in [2.05, 4.69) is 19.9 Å². The number of hydrogen-bond donors (Lipinski definition) is 0. The van der Waals surface area contributed by atoms with Gasteiger partial charge >= 0.3 is 0 Å². The Balaban J connectivity index is 1.88. The second-order valence-corrected chi connectivity index (χ2v) is 7.02. The van der Waals surface area contributed by atoms with Gasteiger partial charge in [0.1, 0.15) is 13.2 Å². The molecule has 122 valence electrons. The van der Waals surface area contributed by atoms with Crippen molar-refractivity contribution in [1.82, 2.24) is 0 Å². The quantitative estimate of drug-likeness (QED) is 0.828. The summed E-state index contributed by atoms with van der Waals surface area (Å²) in [5.41, 5.74) is 0.855. The van der Waals surface area contributed by atoms with Crippen LogP contribution in [0, 0.1) is 5.92 Å². The van der Waals surface area contributed by atoms with Crippen LogP contribution in [0.1, 0.15) is 25.1 Å². The van der Waals surface area contributed by atoms with Crippen LogP contribution in [0.3, 0.4) is 0 Å². The van der Waals surface area contributed by atoms with E-state index < -0.39 is 0 Å². The molecule has 1 aromatic carbocycles. The van der Waals surface area contributed by atoms with Crippen LogP contribution in [0.5, 0.6) is 11.5 Å². The second-order valence-electron chi connectivity index (χ2n) is 5.99. The Morgan fingerprint density at radius 1 is 1.22 bits per heavy atom. The summed E-state index contributed by atoms with van der Waals surface area (Å²) in [6.07, 6.45) is 0.528. The van der Waals surface area contributed by atoms with E-state index in [4.69, 9.17) is 9.47 Å². The normalized spacial score (nSPS) is 13.2. The topological polar surface area (TPSA) is 38.8 Å². The Morgan fingerprint density at radius 3 is 2.70 bits per heavy atom. The Hall–Kier alpha value is -2.01. The molecule has 1 aliphatic heterocycles. The second kappa shape index (κ2) is 7.04. The van der Waals surface area contributed by atoms with Crippen LogP contribution in [0.2, 0.25) is 0 Å². The number of hydrogen-bond acceptors (Lipinski definition) is 4. The molecule has 1 amide bonds. The van der Waals surface area contributed by atoms with E-state index in [0.717, 1.165) is 16.3 Å². The number of anilines is 1. The van der Waals surface area contributed by atoms with Gasteiger partial charge in [0.05, 0.1) is 6.54 Å². The number of carbonyl (C=O) groups is 1. The fourth-order valence-electron chi connectivity index (χ4n) is 2.54. The van der Waals surface area contributed by atoms with Crippen molar-refractivity contribution in [2.24, 2.45) is 5.92 Å². The van der Waals surface area contributed by atoms with E-state index in [1.54, 1.807) is 11.3 Å². The highest BCUT2D eigenvalue weighted by Gasteiger charge is 2.20. The molecule has 5 heteroatoms. The van der Waals surface area contributed by atoms with Gasteiger partial charge in [0.25, 0.3) is 0 Å². The van der Waals surface area contributed by atoms with Gasteiger partial charge in [-0.15, -0.1) is 11.3 Å². The fourth-order valence-corrected chi connectivity index (χ4v) is 3.23. The standard InChI is InChI=1S/C18H21NO3S/c1-13(2)10-18(20)19(12-15-4-3-9-23-15)14-5-6-16-17(11-14)22-8-7-21-16/h3-6,9,11,13H,7-8,10,12H2,1-2H3. The molecule has 3 rings (SSSR count). The summed E-state index contributed by atoms with van der Waals surface area (Å²) in [6, 6.07) is 9.78. The van der Waals surface area contributed by atoms with Gasteiger partial charge in [-0.05, 0) is 29.5 Å². The number of carbonyl (C=O) groups excluding carboxylic acids is 1. The van der Waals surface area contributed by atoms with Crippen molar-refractivity contribution in [2.75, 3.05) is 18.1 Å². The number of rotatable bonds is 5. The molecule has 2 aromatic rings. The van der Waals surface area contributed by atoms with Gasteiger partial charge in [-0.2, -0.15) is 0 Å². The van der Waals surface area contributed by atoms with Gasteiger partial charge in [0, 0.05) is 23.1 Å². The predicted octanol–water partition coefficient (Wildman–Crippen LogP) is 4.10. The molecule has 23 heavy (non-hydrogen) atoms. The van der Waals surface area contributed by atoms with Crippen molar-refractivity contribution in [3.05, 3.63) is 40.6 Å². The molecule has 0 aliphatic carbocycles. The summed E-state index contributed by atoms with van der Waals surface area (Å²) in [6.45, 7) is 5.82. The van der Waals surface area contributed by atoms with Crippen LogP contribution in [-0.4, -0.2) is 19.1 Å². The first kappa shape index (κ1) is 15.9. The van der Waals surface area contributed by atoms with Crippen LogP contribution in [0.25, 0.3) is 0 Å². The predicted molar refractivity (Wildman–Crippen MR) is 92.4 cm³/mol. The van der Waals surface area contributed by atoms with Gasteiger partial charge in [0.15, 0.2) is 11.5 Å². The zero-order chi connectivity index (χ0) is 16.2. The lowest BCUT2D eigenvalue weighted by atomic mass is 10.1. The third kappa shape index (κ3) is 3.85. The monoisotopic (exact) mass is 331 g/mol. The van der Waals surface area contributed by atoms with E-state index in [9.17, 15) is 4.79 Å². The molecule has 0 unspecified atom stereocenters. The number of thiophene rings is 1.